The lowest BCUT2D eigenvalue weighted by Crippen LogP contribution is -2.35. The quantitative estimate of drug-likeness (QED) is 0.146. The Morgan fingerprint density at radius 1 is 1.00 bits per heavy atom. The molecule has 0 aliphatic carbocycles. The number of hydrogen-bond donors (Lipinski definition) is 5. The van der Waals surface area contributed by atoms with E-state index in [1.807, 2.05) is 0 Å². The molecule has 2 saturated heterocycles. The van der Waals surface area contributed by atoms with Crippen molar-refractivity contribution in [2.24, 2.45) is 5.50 Å². The molecule has 8 N–H and O–H groups in total. The van der Waals surface area contributed by atoms with E-state index in [-0.39, 0.29) is 36.6 Å². The van der Waals surface area contributed by atoms with Gasteiger partial charge in [0.25, 0.3) is 21.9 Å². The van der Waals surface area contributed by atoms with Crippen LogP contribution < -0.4 is 27.6 Å². The number of nitrogens with zero attached hydrogens (tertiary/aromatic N) is 7. The monoisotopic (exact) mass is 610 g/mol. The second kappa shape index (κ2) is 11.5. The third-order valence-electron chi connectivity index (χ3n) is 6.87. The summed E-state index contributed by atoms with van der Waals surface area (Å²) in [4.78, 5) is 35.2. The summed E-state index contributed by atoms with van der Waals surface area (Å²) in [5, 5.41) is 2.97. The standard InChI is InChI=1S/C20H28N12O7P2/c21-16-14-17(25-6-24-16)32(7-26-14)13-3-10(11(39-13)5-36-40(23)34)30-41(35)37-4-9-1-2-12(38-9)31-8-27-15-18(31)28-20(22)29-19(15)33/h6-13,40-41H,1-5H2,(H2,23,34)(H,30,35)(H2,21,24,25)(H3,22,28,29,33)/t9-,10-,11+,12+,13+/m0/s1. The van der Waals surface area contributed by atoms with Crippen molar-refractivity contribution in [3.8, 4) is 0 Å². The van der Waals surface area contributed by atoms with Crippen molar-refractivity contribution in [1.29, 1.82) is 0 Å². The normalized spacial score (nSPS) is 26.2. The maximum Gasteiger partial charge on any atom is 0.280 e. The summed E-state index contributed by atoms with van der Waals surface area (Å²) < 4.78 is 50.6. The first kappa shape index (κ1) is 27.9. The summed E-state index contributed by atoms with van der Waals surface area (Å²) in [5.74, 6) is 0.208. The molecule has 2 aliphatic rings. The highest BCUT2D eigenvalue weighted by atomic mass is 31.1. The number of fused-ring (bicyclic) bond motifs is 2. The van der Waals surface area contributed by atoms with E-state index in [1.54, 1.807) is 9.13 Å². The first-order valence-corrected chi connectivity index (χ1v) is 15.3. The molecule has 0 aromatic carbocycles. The van der Waals surface area contributed by atoms with Gasteiger partial charge < -0.3 is 30.0 Å². The molecule has 0 saturated carbocycles. The highest BCUT2D eigenvalue weighted by molar-refractivity contribution is 7.36. The van der Waals surface area contributed by atoms with Crippen LogP contribution in [0.5, 0.6) is 0 Å². The zero-order chi connectivity index (χ0) is 28.7. The summed E-state index contributed by atoms with van der Waals surface area (Å²) in [5.41, 5.74) is 17.8. The van der Waals surface area contributed by atoms with Crippen molar-refractivity contribution in [2.45, 2.75) is 50.0 Å². The van der Waals surface area contributed by atoms with Crippen LogP contribution in [0.4, 0.5) is 11.8 Å². The third kappa shape index (κ3) is 5.75. The van der Waals surface area contributed by atoms with Gasteiger partial charge in [0, 0.05) is 12.5 Å². The van der Waals surface area contributed by atoms with E-state index in [9.17, 15) is 13.9 Å². The van der Waals surface area contributed by atoms with Crippen molar-refractivity contribution in [2.75, 3.05) is 24.7 Å². The zero-order valence-electron chi connectivity index (χ0n) is 21.4. The molecule has 6 rings (SSSR count). The second-order valence-corrected chi connectivity index (χ2v) is 11.6. The zero-order valence-corrected chi connectivity index (χ0v) is 23.4. The molecule has 21 heteroatoms. The lowest BCUT2D eigenvalue weighted by Gasteiger charge is -2.20. The topological polar surface area (TPSA) is 268 Å². The highest BCUT2D eigenvalue weighted by Crippen LogP contribution is 2.36. The Morgan fingerprint density at radius 2 is 1.78 bits per heavy atom. The summed E-state index contributed by atoms with van der Waals surface area (Å²) in [7, 11) is -5.48. The number of ether oxygens (including phenoxy) is 2. The Balaban J connectivity index is 1.07. The van der Waals surface area contributed by atoms with Gasteiger partial charge in [0.15, 0.2) is 22.6 Å². The van der Waals surface area contributed by atoms with Crippen molar-refractivity contribution >= 4 is 50.5 Å². The number of nitrogens with two attached hydrogens (primary N) is 3. The van der Waals surface area contributed by atoms with Gasteiger partial charge in [-0.05, 0) is 12.8 Å². The first-order valence-electron chi connectivity index (χ1n) is 12.6. The number of anilines is 2. The van der Waals surface area contributed by atoms with Crippen LogP contribution in [0, 0.1) is 0 Å². The Hall–Kier alpha value is -3.28. The van der Waals surface area contributed by atoms with Gasteiger partial charge in [0.2, 0.25) is 5.95 Å². The molecular weight excluding hydrogens is 582 g/mol. The van der Waals surface area contributed by atoms with Gasteiger partial charge in [-0.15, -0.1) is 0 Å². The SMILES string of the molecule is Nc1nc2c(ncn2[C@H]2CC[C@@H](CO[PH](=O)N[C@H]3C[C@H](n4cnc5c(N)ncnc54)O[C@@H]3CO[PH](N)=O)O2)c(=O)[nH]1. The fourth-order valence-corrected chi connectivity index (χ4v) is 6.34. The average Bonchev–Trinajstić information content (AvgIpc) is 3.71. The summed E-state index contributed by atoms with van der Waals surface area (Å²) in [6, 6.07) is -0.492. The predicted molar refractivity (Wildman–Crippen MR) is 145 cm³/mol. The number of rotatable bonds is 10. The number of imidazole rings is 2. The maximum atomic E-state index is 12.9. The predicted octanol–water partition coefficient (Wildman–Crippen LogP) is -0.181. The van der Waals surface area contributed by atoms with Gasteiger partial charge in [-0.1, -0.05) is 0 Å². The van der Waals surface area contributed by atoms with E-state index in [0.717, 1.165) is 0 Å². The van der Waals surface area contributed by atoms with Crippen LogP contribution in [0.3, 0.4) is 0 Å². The van der Waals surface area contributed by atoms with Gasteiger partial charge >= 0.3 is 0 Å². The smallest absolute Gasteiger partial charge is 0.280 e. The van der Waals surface area contributed by atoms with Crippen molar-refractivity contribution in [3.05, 3.63) is 29.3 Å². The molecule has 19 nitrogen and oxygen atoms in total. The molecule has 41 heavy (non-hydrogen) atoms. The van der Waals surface area contributed by atoms with E-state index in [0.29, 0.717) is 36.1 Å². The summed E-state index contributed by atoms with van der Waals surface area (Å²) >= 11 is 0. The summed E-state index contributed by atoms with van der Waals surface area (Å²) in [6.07, 6.45) is 3.90. The molecule has 220 valence electrons. The second-order valence-electron chi connectivity index (χ2n) is 9.49. The van der Waals surface area contributed by atoms with E-state index in [2.05, 4.69) is 35.0 Å². The molecule has 2 fully saturated rings. The van der Waals surface area contributed by atoms with Crippen LogP contribution in [-0.4, -0.2) is 70.5 Å². The fraction of sp³-hybridized carbons (Fsp3) is 0.500. The minimum absolute atomic E-state index is 0.0220. The van der Waals surface area contributed by atoms with Gasteiger partial charge in [0.1, 0.15) is 24.3 Å². The molecule has 6 heterocycles. The maximum absolute atomic E-state index is 12.9. The number of aromatic nitrogens is 8. The highest BCUT2D eigenvalue weighted by Gasteiger charge is 2.38. The van der Waals surface area contributed by atoms with Crippen LogP contribution in [0.15, 0.2) is 23.8 Å². The van der Waals surface area contributed by atoms with Crippen LogP contribution in [-0.2, 0) is 27.7 Å². The Labute approximate surface area is 232 Å². The average molecular weight is 610 g/mol. The number of nitrogen functional groups attached to an aromatic ring is 2. The molecule has 2 aliphatic heterocycles. The number of H-pyrrole nitrogens is 1. The van der Waals surface area contributed by atoms with Gasteiger partial charge in [-0.3, -0.25) is 33.5 Å². The van der Waals surface area contributed by atoms with Crippen LogP contribution in [0.1, 0.15) is 31.7 Å². The number of hydrogen-bond acceptors (Lipinski definition) is 14. The molecule has 4 aromatic rings. The molecule has 0 bridgehead atoms. The molecular formula is C20H28N12O7P2. The van der Waals surface area contributed by atoms with E-state index in [1.165, 1.54) is 19.0 Å². The largest absolute Gasteiger partial charge is 0.382 e. The van der Waals surface area contributed by atoms with E-state index < -0.39 is 46.5 Å². The summed E-state index contributed by atoms with van der Waals surface area (Å²) in [6.45, 7) is -0.0316. The molecule has 4 aromatic heterocycles. The van der Waals surface area contributed by atoms with Crippen LogP contribution in [0.25, 0.3) is 22.3 Å². The minimum atomic E-state index is -2.77. The molecule has 0 spiro atoms. The van der Waals surface area contributed by atoms with Crippen molar-refractivity contribution in [1.82, 2.24) is 44.1 Å². The molecule has 0 amide bonds. The number of nitrogens with one attached hydrogen (secondary N) is 2. The Bertz CT molecular complexity index is 1680. The first-order chi connectivity index (χ1) is 19.8. The lowest BCUT2D eigenvalue weighted by atomic mass is 10.1. The molecule has 7 atom stereocenters. The lowest BCUT2D eigenvalue weighted by molar-refractivity contribution is -0.0193. The fourth-order valence-electron chi connectivity index (χ4n) is 4.98. The molecule has 2 unspecified atom stereocenters. The third-order valence-corrected chi connectivity index (χ3v) is 8.36. The van der Waals surface area contributed by atoms with Gasteiger partial charge in [-0.2, -0.15) is 4.98 Å². The van der Waals surface area contributed by atoms with Crippen molar-refractivity contribution < 1.29 is 27.7 Å². The minimum Gasteiger partial charge on any atom is -0.382 e. The van der Waals surface area contributed by atoms with Gasteiger partial charge in [0.05, 0.1) is 38.1 Å². The van der Waals surface area contributed by atoms with E-state index in [4.69, 9.17) is 35.5 Å². The van der Waals surface area contributed by atoms with Crippen LogP contribution >= 0.6 is 16.4 Å². The van der Waals surface area contributed by atoms with E-state index >= 15 is 0 Å². The Morgan fingerprint density at radius 3 is 2.59 bits per heavy atom. The van der Waals surface area contributed by atoms with Crippen molar-refractivity contribution in [3.63, 3.8) is 0 Å². The molecule has 0 radical (unpaired) electrons. The number of aromatic amines is 1. The van der Waals surface area contributed by atoms with Gasteiger partial charge in [-0.25, -0.2) is 25.0 Å². The Kier molecular flexibility index (Phi) is 7.84. The van der Waals surface area contributed by atoms with Crippen LogP contribution in [0.2, 0.25) is 0 Å².